The Labute approximate surface area is 226 Å². The van der Waals surface area contributed by atoms with Crippen LogP contribution in [-0.2, 0) is 13.1 Å². The monoisotopic (exact) mass is 521 g/mol. The number of carbonyl (C=O) groups excluding carboxylic acids is 1. The number of methoxy groups -OCH3 is 1. The van der Waals surface area contributed by atoms with Crippen molar-refractivity contribution in [2.45, 2.75) is 26.1 Å². The number of fused-ring (bicyclic) bond motifs is 3. The molecule has 0 saturated carbocycles. The predicted molar refractivity (Wildman–Crippen MR) is 147 cm³/mol. The van der Waals surface area contributed by atoms with Gasteiger partial charge in [-0.25, -0.2) is 13.9 Å². The number of hydrogen-bond donors (Lipinski definition) is 1. The van der Waals surface area contributed by atoms with Crippen molar-refractivity contribution in [3.8, 4) is 17.3 Å². The molecule has 3 heterocycles. The van der Waals surface area contributed by atoms with Crippen molar-refractivity contribution < 1.29 is 13.9 Å². The van der Waals surface area contributed by atoms with Gasteiger partial charge in [0.25, 0.3) is 0 Å². The van der Waals surface area contributed by atoms with Crippen LogP contribution in [0.25, 0.3) is 11.5 Å². The van der Waals surface area contributed by atoms with E-state index in [1.54, 1.807) is 19.2 Å². The van der Waals surface area contributed by atoms with Crippen LogP contribution in [0.5, 0.6) is 5.75 Å². The van der Waals surface area contributed by atoms with E-state index in [9.17, 15) is 9.18 Å². The van der Waals surface area contributed by atoms with E-state index in [0.29, 0.717) is 12.3 Å². The summed E-state index contributed by atoms with van der Waals surface area (Å²) in [5.74, 6) is 1.31. The number of carbonyl (C=O) groups is 1. The van der Waals surface area contributed by atoms with Gasteiger partial charge in [-0.15, -0.1) is 0 Å². The molecule has 8 heteroatoms. The number of hydrogen-bond acceptors (Lipinski definition) is 3. The van der Waals surface area contributed by atoms with Gasteiger partial charge in [-0.3, -0.25) is 0 Å². The number of nitrogens with one attached hydrogen (secondary N) is 1. The van der Waals surface area contributed by atoms with Gasteiger partial charge in [0.15, 0.2) is 0 Å². The second-order valence-corrected chi connectivity index (χ2v) is 9.53. The zero-order valence-corrected chi connectivity index (χ0v) is 21.7. The van der Waals surface area contributed by atoms with E-state index in [2.05, 4.69) is 9.88 Å². The summed E-state index contributed by atoms with van der Waals surface area (Å²) in [6.07, 6.45) is 2.02. The molecule has 0 spiro atoms. The lowest BCUT2D eigenvalue weighted by atomic mass is 10.0. The van der Waals surface area contributed by atoms with Crippen LogP contribution in [0.15, 0.2) is 97.2 Å². The molecule has 0 aliphatic carbocycles. The summed E-state index contributed by atoms with van der Waals surface area (Å²) in [5.41, 5.74) is 5.40. The highest BCUT2D eigenvalue weighted by atomic mass is 19.1. The number of amides is 2. The topological polar surface area (TPSA) is 64.3 Å². The standard InChI is InChI=1S/C31H28FN5O2/c1-21-27-20-36(31(38)33-19-22-13-15-24(32)16-14-22)29(23-8-6-11-26(18-23)39-2)28-12-7-17-35(28)30(27)37(34-21)25-9-4-3-5-10-25/h3-18,29H,19-20H2,1-2H3,(H,33,38). The molecule has 1 N–H and O–H groups in total. The average Bonchev–Trinajstić information content (AvgIpc) is 3.53. The number of para-hydroxylation sites is 1. The van der Waals surface area contributed by atoms with Crippen LogP contribution in [0.3, 0.4) is 0 Å². The fourth-order valence-electron chi connectivity index (χ4n) is 5.19. The molecule has 5 aromatic rings. The van der Waals surface area contributed by atoms with E-state index >= 15 is 0 Å². The molecule has 1 aliphatic rings. The lowest BCUT2D eigenvalue weighted by Gasteiger charge is -2.31. The minimum atomic E-state index is -0.403. The van der Waals surface area contributed by atoms with E-state index in [-0.39, 0.29) is 18.4 Å². The van der Waals surface area contributed by atoms with Gasteiger partial charge in [0, 0.05) is 18.3 Å². The van der Waals surface area contributed by atoms with Crippen LogP contribution in [-0.4, -0.2) is 32.4 Å². The Hall–Kier alpha value is -4.85. The molecule has 6 rings (SSSR count). The quantitative estimate of drug-likeness (QED) is 0.312. The maximum atomic E-state index is 13.9. The molecule has 2 amide bonds. The summed E-state index contributed by atoms with van der Waals surface area (Å²) in [5, 5.41) is 7.94. The highest BCUT2D eigenvalue weighted by Crippen LogP contribution is 2.39. The lowest BCUT2D eigenvalue weighted by molar-refractivity contribution is 0.180. The SMILES string of the molecule is COc1cccc(C2c3cccn3-c3c(c(C)nn3-c3ccccc3)CN2C(=O)NCc2ccc(F)cc2)c1. The van der Waals surface area contributed by atoms with Gasteiger partial charge in [0.1, 0.15) is 17.4 Å². The lowest BCUT2D eigenvalue weighted by Crippen LogP contribution is -2.41. The van der Waals surface area contributed by atoms with Gasteiger partial charge < -0.3 is 19.5 Å². The van der Waals surface area contributed by atoms with Crippen LogP contribution in [0, 0.1) is 12.7 Å². The van der Waals surface area contributed by atoms with Crippen LogP contribution >= 0.6 is 0 Å². The number of rotatable bonds is 5. The van der Waals surface area contributed by atoms with Crippen molar-refractivity contribution in [2.24, 2.45) is 0 Å². The largest absolute Gasteiger partial charge is 0.497 e. The van der Waals surface area contributed by atoms with Gasteiger partial charge in [-0.1, -0.05) is 42.5 Å². The zero-order valence-electron chi connectivity index (χ0n) is 21.7. The summed E-state index contributed by atoms with van der Waals surface area (Å²) in [7, 11) is 1.63. The van der Waals surface area contributed by atoms with Gasteiger partial charge >= 0.3 is 6.03 Å². The van der Waals surface area contributed by atoms with Crippen molar-refractivity contribution in [1.29, 1.82) is 0 Å². The Kier molecular flexibility index (Phi) is 6.36. The Balaban J connectivity index is 1.48. The Morgan fingerprint density at radius 2 is 1.82 bits per heavy atom. The predicted octanol–water partition coefficient (Wildman–Crippen LogP) is 5.93. The fourth-order valence-corrected chi connectivity index (χ4v) is 5.19. The Morgan fingerprint density at radius 3 is 2.59 bits per heavy atom. The van der Waals surface area contributed by atoms with E-state index in [1.165, 1.54) is 12.1 Å². The Bertz CT molecular complexity index is 1620. The van der Waals surface area contributed by atoms with Gasteiger partial charge in [-0.2, -0.15) is 5.10 Å². The van der Waals surface area contributed by atoms with E-state index in [1.807, 2.05) is 89.4 Å². The third kappa shape index (κ3) is 4.54. The molecule has 3 aromatic carbocycles. The minimum absolute atomic E-state index is 0.236. The van der Waals surface area contributed by atoms with Crippen LogP contribution < -0.4 is 10.1 Å². The van der Waals surface area contributed by atoms with Crippen molar-refractivity contribution in [2.75, 3.05) is 7.11 Å². The van der Waals surface area contributed by atoms with Crippen LogP contribution in [0.2, 0.25) is 0 Å². The smallest absolute Gasteiger partial charge is 0.318 e. The molecule has 0 bridgehead atoms. The van der Waals surface area contributed by atoms with E-state index in [0.717, 1.165) is 39.6 Å². The summed E-state index contributed by atoms with van der Waals surface area (Å²) >= 11 is 0. The highest BCUT2D eigenvalue weighted by molar-refractivity contribution is 5.76. The third-order valence-electron chi connectivity index (χ3n) is 7.11. The molecule has 2 aromatic heterocycles. The number of aryl methyl sites for hydroxylation is 1. The number of halogens is 1. The number of aromatic nitrogens is 3. The molecule has 0 saturated heterocycles. The second-order valence-electron chi connectivity index (χ2n) is 9.53. The number of nitrogens with zero attached hydrogens (tertiary/aromatic N) is 4. The first kappa shape index (κ1) is 24.5. The molecular formula is C31H28FN5O2. The minimum Gasteiger partial charge on any atom is -0.497 e. The molecular weight excluding hydrogens is 493 g/mol. The normalized spacial score (nSPS) is 14.3. The zero-order chi connectivity index (χ0) is 26.9. The van der Waals surface area contributed by atoms with Crippen LogP contribution in [0.4, 0.5) is 9.18 Å². The van der Waals surface area contributed by atoms with E-state index < -0.39 is 6.04 Å². The third-order valence-corrected chi connectivity index (χ3v) is 7.11. The molecule has 0 radical (unpaired) electrons. The number of benzene rings is 3. The molecule has 1 unspecified atom stereocenters. The van der Waals surface area contributed by atoms with Gasteiger partial charge in [0.2, 0.25) is 0 Å². The summed E-state index contributed by atoms with van der Waals surface area (Å²) < 4.78 is 23.0. The van der Waals surface area contributed by atoms with Gasteiger partial charge in [0.05, 0.1) is 36.8 Å². The number of urea groups is 1. The summed E-state index contributed by atoms with van der Waals surface area (Å²) in [6, 6.07) is 27.3. The second kappa shape index (κ2) is 10.1. The maximum absolute atomic E-state index is 13.9. The summed E-state index contributed by atoms with van der Waals surface area (Å²) in [4.78, 5) is 15.8. The highest BCUT2D eigenvalue weighted by Gasteiger charge is 2.36. The molecule has 7 nitrogen and oxygen atoms in total. The molecule has 1 aliphatic heterocycles. The number of ether oxygens (including phenoxy) is 1. The van der Waals surface area contributed by atoms with Crippen molar-refractivity contribution >= 4 is 6.03 Å². The first-order chi connectivity index (χ1) is 19.0. The molecule has 39 heavy (non-hydrogen) atoms. The van der Waals surface area contributed by atoms with Gasteiger partial charge in [-0.05, 0) is 66.6 Å². The van der Waals surface area contributed by atoms with Crippen molar-refractivity contribution in [3.05, 3.63) is 131 Å². The van der Waals surface area contributed by atoms with Crippen molar-refractivity contribution in [3.63, 3.8) is 0 Å². The molecule has 0 fully saturated rings. The average molecular weight is 522 g/mol. The first-order valence-corrected chi connectivity index (χ1v) is 12.8. The fraction of sp³-hybridized carbons (Fsp3) is 0.161. The first-order valence-electron chi connectivity index (χ1n) is 12.8. The van der Waals surface area contributed by atoms with Crippen molar-refractivity contribution in [1.82, 2.24) is 24.6 Å². The van der Waals surface area contributed by atoms with E-state index in [4.69, 9.17) is 9.84 Å². The Morgan fingerprint density at radius 1 is 1.03 bits per heavy atom. The summed E-state index contributed by atoms with van der Waals surface area (Å²) in [6.45, 7) is 2.59. The van der Waals surface area contributed by atoms with Crippen LogP contribution in [0.1, 0.15) is 34.1 Å². The molecule has 196 valence electrons. The maximum Gasteiger partial charge on any atom is 0.318 e. The molecule has 1 atom stereocenters.